The largest absolute Gasteiger partial charge is 0.484 e. The van der Waals surface area contributed by atoms with E-state index in [9.17, 15) is 9.59 Å². The van der Waals surface area contributed by atoms with E-state index in [4.69, 9.17) is 22.7 Å². The Labute approximate surface area is 122 Å². The molecule has 1 aliphatic rings. The Kier molecular flexibility index (Phi) is 4.68. The van der Waals surface area contributed by atoms with Crippen molar-refractivity contribution in [3.63, 3.8) is 0 Å². The third kappa shape index (κ3) is 3.33. The first kappa shape index (κ1) is 14.5. The van der Waals surface area contributed by atoms with Crippen LogP contribution in [0.4, 0.5) is 5.69 Å². The highest BCUT2D eigenvalue weighted by molar-refractivity contribution is 7.80. The average molecular weight is 292 g/mol. The maximum atomic E-state index is 12.1. The number of benzene rings is 1. The van der Waals surface area contributed by atoms with E-state index in [2.05, 4.69) is 0 Å². The average Bonchev–Trinajstić information content (AvgIpc) is 2.58. The molecular formula is C14H16N2O3S. The lowest BCUT2D eigenvalue weighted by atomic mass is 10.2. The molecular weight excluding hydrogens is 276 g/mol. The Hall–Kier alpha value is -1.95. The van der Waals surface area contributed by atoms with Crippen molar-refractivity contribution in [1.82, 2.24) is 0 Å². The number of para-hydroxylation sites is 2. The number of amides is 2. The monoisotopic (exact) mass is 292 g/mol. The van der Waals surface area contributed by atoms with Crippen LogP contribution < -0.4 is 15.4 Å². The van der Waals surface area contributed by atoms with Gasteiger partial charge in [-0.3, -0.25) is 9.59 Å². The summed E-state index contributed by atoms with van der Waals surface area (Å²) >= 11 is 4.77. The van der Waals surface area contributed by atoms with E-state index in [0.717, 1.165) is 12.8 Å². The number of nitrogens with zero attached hydrogens (tertiary/aromatic N) is 1. The molecule has 0 atom stereocenters. The fourth-order valence-corrected chi connectivity index (χ4v) is 2.16. The van der Waals surface area contributed by atoms with Crippen LogP contribution in [0.3, 0.4) is 0 Å². The maximum absolute atomic E-state index is 12.1. The first-order chi connectivity index (χ1) is 9.59. The summed E-state index contributed by atoms with van der Waals surface area (Å²) in [5.74, 6) is 0.0432. The third-order valence-electron chi connectivity index (χ3n) is 3.01. The van der Waals surface area contributed by atoms with Gasteiger partial charge in [0.15, 0.2) is 0 Å². The summed E-state index contributed by atoms with van der Waals surface area (Å²) in [4.78, 5) is 25.7. The number of thiocarbonyl (C=S) groups is 1. The molecule has 0 aliphatic carbocycles. The molecule has 1 heterocycles. The molecule has 0 radical (unpaired) electrons. The normalized spacial score (nSPS) is 15.9. The summed E-state index contributed by atoms with van der Waals surface area (Å²) in [6, 6.07) is 6.91. The van der Waals surface area contributed by atoms with Crippen LogP contribution in [-0.2, 0) is 9.59 Å². The summed E-state index contributed by atoms with van der Waals surface area (Å²) in [5, 5.41) is 0. The van der Waals surface area contributed by atoms with Gasteiger partial charge in [-0.1, -0.05) is 24.4 Å². The Balaban J connectivity index is 2.32. The number of ether oxygens (including phenoxy) is 1. The van der Waals surface area contributed by atoms with Crippen LogP contribution in [-0.4, -0.2) is 23.4 Å². The van der Waals surface area contributed by atoms with Gasteiger partial charge in [-0.05, 0) is 25.0 Å². The molecule has 20 heavy (non-hydrogen) atoms. The molecule has 6 heteroatoms. The maximum Gasteiger partial charge on any atom is 0.233 e. The van der Waals surface area contributed by atoms with Gasteiger partial charge in [-0.15, -0.1) is 0 Å². The number of carbonyl (C=O) groups excluding carboxylic acids is 2. The fourth-order valence-electron chi connectivity index (χ4n) is 2.10. The summed E-state index contributed by atoms with van der Waals surface area (Å²) < 4.78 is 5.48. The van der Waals surface area contributed by atoms with Crippen molar-refractivity contribution in [1.29, 1.82) is 0 Å². The first-order valence-corrected chi connectivity index (χ1v) is 6.86. The predicted octanol–water partition coefficient (Wildman–Crippen LogP) is 1.79. The second-order valence-electron chi connectivity index (χ2n) is 4.55. The Morgan fingerprint density at radius 3 is 2.40 bits per heavy atom. The first-order valence-electron chi connectivity index (χ1n) is 6.45. The van der Waals surface area contributed by atoms with Gasteiger partial charge >= 0.3 is 0 Å². The lowest BCUT2D eigenvalue weighted by molar-refractivity contribution is -0.125. The molecule has 0 spiro atoms. The van der Waals surface area contributed by atoms with Gasteiger partial charge in [-0.2, -0.15) is 0 Å². The van der Waals surface area contributed by atoms with Crippen molar-refractivity contribution < 1.29 is 14.3 Å². The standard InChI is InChI=1S/C14H16N2O3S/c15-12(20)9-19-11-6-2-1-5-10(11)16-13(17)7-3-4-8-14(16)18/h1-2,5-6H,3-4,7-9H2,(H2,15,20). The molecule has 1 aliphatic heterocycles. The quantitative estimate of drug-likeness (QED) is 0.676. The van der Waals surface area contributed by atoms with E-state index in [1.165, 1.54) is 4.90 Å². The van der Waals surface area contributed by atoms with E-state index in [-0.39, 0.29) is 23.4 Å². The van der Waals surface area contributed by atoms with E-state index >= 15 is 0 Å². The van der Waals surface area contributed by atoms with E-state index in [1.807, 2.05) is 0 Å². The summed E-state index contributed by atoms with van der Waals surface area (Å²) in [6.07, 6.45) is 2.21. The minimum atomic E-state index is -0.195. The smallest absolute Gasteiger partial charge is 0.233 e. The van der Waals surface area contributed by atoms with E-state index in [0.29, 0.717) is 24.3 Å². The molecule has 1 aromatic carbocycles. The molecule has 1 aromatic rings. The second-order valence-corrected chi connectivity index (χ2v) is 5.08. The van der Waals surface area contributed by atoms with Crippen LogP contribution in [0.2, 0.25) is 0 Å². The zero-order valence-electron chi connectivity index (χ0n) is 11.0. The molecule has 0 aromatic heterocycles. The fraction of sp³-hybridized carbons (Fsp3) is 0.357. The van der Waals surface area contributed by atoms with Gasteiger partial charge in [0.05, 0.1) is 5.69 Å². The van der Waals surface area contributed by atoms with Crippen molar-refractivity contribution in [2.24, 2.45) is 5.73 Å². The van der Waals surface area contributed by atoms with Crippen LogP contribution in [0, 0.1) is 0 Å². The number of nitrogens with two attached hydrogens (primary N) is 1. The molecule has 1 fully saturated rings. The van der Waals surface area contributed by atoms with Crippen molar-refractivity contribution in [2.45, 2.75) is 25.7 Å². The Morgan fingerprint density at radius 1 is 1.20 bits per heavy atom. The van der Waals surface area contributed by atoms with Crippen LogP contribution in [0.15, 0.2) is 24.3 Å². The zero-order valence-corrected chi connectivity index (χ0v) is 11.8. The van der Waals surface area contributed by atoms with Gasteiger partial charge in [0.1, 0.15) is 17.3 Å². The van der Waals surface area contributed by atoms with Crippen LogP contribution >= 0.6 is 12.2 Å². The van der Waals surface area contributed by atoms with Crippen molar-refractivity contribution in [2.75, 3.05) is 11.5 Å². The molecule has 2 amide bonds. The molecule has 106 valence electrons. The topological polar surface area (TPSA) is 72.6 Å². The van der Waals surface area contributed by atoms with Gasteiger partial charge in [0.2, 0.25) is 11.8 Å². The molecule has 0 bridgehead atoms. The second kappa shape index (κ2) is 6.47. The summed E-state index contributed by atoms with van der Waals surface area (Å²) in [5.41, 5.74) is 5.87. The molecule has 2 N–H and O–H groups in total. The highest BCUT2D eigenvalue weighted by Gasteiger charge is 2.27. The minimum absolute atomic E-state index is 0.0720. The highest BCUT2D eigenvalue weighted by Crippen LogP contribution is 2.30. The predicted molar refractivity (Wildman–Crippen MR) is 79.7 cm³/mol. The lowest BCUT2D eigenvalue weighted by Crippen LogP contribution is -2.35. The van der Waals surface area contributed by atoms with Gasteiger partial charge < -0.3 is 10.5 Å². The van der Waals surface area contributed by atoms with E-state index < -0.39 is 0 Å². The van der Waals surface area contributed by atoms with Crippen molar-refractivity contribution in [3.8, 4) is 5.75 Å². The number of carbonyl (C=O) groups is 2. The molecule has 0 saturated carbocycles. The molecule has 1 saturated heterocycles. The van der Waals surface area contributed by atoms with Crippen molar-refractivity contribution in [3.05, 3.63) is 24.3 Å². The zero-order chi connectivity index (χ0) is 14.5. The summed E-state index contributed by atoms with van der Waals surface area (Å²) in [6.45, 7) is 0.0720. The minimum Gasteiger partial charge on any atom is -0.484 e. The molecule has 5 nitrogen and oxygen atoms in total. The molecule has 2 rings (SSSR count). The number of hydrogen-bond acceptors (Lipinski definition) is 4. The van der Waals surface area contributed by atoms with E-state index in [1.54, 1.807) is 24.3 Å². The summed E-state index contributed by atoms with van der Waals surface area (Å²) in [7, 11) is 0. The van der Waals surface area contributed by atoms with Gasteiger partial charge in [0, 0.05) is 12.8 Å². The van der Waals surface area contributed by atoms with Crippen LogP contribution in [0.1, 0.15) is 25.7 Å². The highest BCUT2D eigenvalue weighted by atomic mass is 32.1. The van der Waals surface area contributed by atoms with Crippen LogP contribution in [0.5, 0.6) is 5.75 Å². The van der Waals surface area contributed by atoms with Crippen LogP contribution in [0.25, 0.3) is 0 Å². The molecule has 0 unspecified atom stereocenters. The number of hydrogen-bond donors (Lipinski definition) is 1. The van der Waals surface area contributed by atoms with Crippen molar-refractivity contribution >= 4 is 34.7 Å². The third-order valence-corrected chi connectivity index (χ3v) is 3.12. The number of imide groups is 1. The number of anilines is 1. The SMILES string of the molecule is NC(=S)COc1ccccc1N1C(=O)CCCCC1=O. The van der Waals surface area contributed by atoms with Gasteiger partial charge in [0.25, 0.3) is 0 Å². The Morgan fingerprint density at radius 2 is 1.80 bits per heavy atom. The Bertz CT molecular complexity index is 527. The van der Waals surface area contributed by atoms with Gasteiger partial charge in [-0.25, -0.2) is 4.90 Å². The lowest BCUT2D eigenvalue weighted by Gasteiger charge is -2.21. The number of rotatable bonds is 4.